The molecule has 0 heterocycles. The van der Waals surface area contributed by atoms with Crippen molar-refractivity contribution in [2.24, 2.45) is 0 Å². The van der Waals surface area contributed by atoms with E-state index in [4.69, 9.17) is 0 Å². The van der Waals surface area contributed by atoms with Crippen molar-refractivity contribution >= 4 is 23.4 Å². The van der Waals surface area contributed by atoms with Crippen LogP contribution in [-0.4, -0.2) is 11.7 Å². The summed E-state index contributed by atoms with van der Waals surface area (Å²) in [6, 6.07) is 13.1. The van der Waals surface area contributed by atoms with Gasteiger partial charge in [0.1, 0.15) is 0 Å². The number of rotatable bonds is 6. The van der Waals surface area contributed by atoms with Gasteiger partial charge in [0.25, 0.3) is 0 Å². The highest BCUT2D eigenvalue weighted by Gasteiger charge is 2.33. The van der Waals surface area contributed by atoms with E-state index in [9.17, 15) is 18.0 Å². The van der Waals surface area contributed by atoms with E-state index in [1.54, 1.807) is 0 Å². The van der Waals surface area contributed by atoms with Gasteiger partial charge in [-0.3, -0.25) is 4.79 Å². The molecule has 1 amide bonds. The molecule has 2 aromatic carbocycles. The van der Waals surface area contributed by atoms with E-state index in [1.807, 2.05) is 12.1 Å². The molecule has 0 spiro atoms. The van der Waals surface area contributed by atoms with Crippen LogP contribution in [0.15, 0.2) is 48.5 Å². The van der Waals surface area contributed by atoms with E-state index in [0.717, 1.165) is 11.6 Å². The Labute approximate surface area is 149 Å². The normalized spacial score (nSPS) is 11.6. The molecule has 0 aromatic heterocycles. The van der Waals surface area contributed by atoms with Crippen molar-refractivity contribution < 1.29 is 18.0 Å². The summed E-state index contributed by atoms with van der Waals surface area (Å²) in [7, 11) is 0. The number of anilines is 1. The van der Waals surface area contributed by atoms with Gasteiger partial charge in [0.2, 0.25) is 5.91 Å². The van der Waals surface area contributed by atoms with E-state index >= 15 is 0 Å². The van der Waals surface area contributed by atoms with Gasteiger partial charge in [-0.2, -0.15) is 13.2 Å². The quantitative estimate of drug-likeness (QED) is 0.709. The van der Waals surface area contributed by atoms with Crippen molar-refractivity contribution in [3.05, 3.63) is 65.2 Å². The zero-order valence-corrected chi connectivity index (χ0v) is 14.9. The number of halogens is 3. The number of benzene rings is 2. The highest BCUT2D eigenvalue weighted by Crippen LogP contribution is 2.34. The minimum Gasteiger partial charge on any atom is -0.325 e. The molecule has 6 heteroatoms. The highest BCUT2D eigenvalue weighted by atomic mass is 32.2. The van der Waals surface area contributed by atoms with E-state index in [2.05, 4.69) is 31.3 Å². The van der Waals surface area contributed by atoms with E-state index in [0.29, 0.717) is 11.7 Å². The molecule has 134 valence electrons. The van der Waals surface area contributed by atoms with E-state index in [1.165, 1.54) is 35.5 Å². The first-order valence-electron chi connectivity index (χ1n) is 7.90. The molecule has 0 fully saturated rings. The van der Waals surface area contributed by atoms with Gasteiger partial charge in [0.05, 0.1) is 17.0 Å². The van der Waals surface area contributed by atoms with Gasteiger partial charge in [-0.05, 0) is 29.2 Å². The predicted octanol–water partition coefficient (Wildman–Crippen LogP) is 5.70. The first-order valence-corrected chi connectivity index (χ1v) is 9.05. The number of hydrogen-bond donors (Lipinski definition) is 1. The second-order valence-corrected chi connectivity index (χ2v) is 6.97. The molecule has 0 unspecified atom stereocenters. The Morgan fingerprint density at radius 1 is 1.08 bits per heavy atom. The molecular formula is C19H20F3NOS. The van der Waals surface area contributed by atoms with Crippen LogP contribution in [0.25, 0.3) is 0 Å². The lowest BCUT2D eigenvalue weighted by atomic mass is 10.0. The first kappa shape index (κ1) is 19.4. The maximum Gasteiger partial charge on any atom is 0.418 e. The third kappa shape index (κ3) is 5.81. The maximum atomic E-state index is 12.9. The van der Waals surface area contributed by atoms with Crippen LogP contribution in [0, 0.1) is 0 Å². The average molecular weight is 367 g/mol. The van der Waals surface area contributed by atoms with Crippen LogP contribution in [0.4, 0.5) is 18.9 Å². The number of carbonyl (C=O) groups excluding carboxylic acids is 1. The van der Waals surface area contributed by atoms with Crippen LogP contribution in [0.2, 0.25) is 0 Å². The summed E-state index contributed by atoms with van der Waals surface area (Å²) < 4.78 is 38.7. The van der Waals surface area contributed by atoms with Crippen molar-refractivity contribution in [3.8, 4) is 0 Å². The molecule has 0 aliphatic heterocycles. The van der Waals surface area contributed by atoms with Gasteiger partial charge in [-0.15, -0.1) is 11.8 Å². The van der Waals surface area contributed by atoms with Gasteiger partial charge < -0.3 is 5.32 Å². The number of thioether (sulfide) groups is 1. The SMILES string of the molecule is CC(C)c1ccc(CSCC(=O)Nc2ccccc2C(F)(F)F)cc1. The zero-order valence-electron chi connectivity index (χ0n) is 14.1. The smallest absolute Gasteiger partial charge is 0.325 e. The number of hydrogen-bond acceptors (Lipinski definition) is 2. The third-order valence-electron chi connectivity index (χ3n) is 3.65. The fraction of sp³-hybridized carbons (Fsp3) is 0.316. The molecule has 2 rings (SSSR count). The van der Waals surface area contributed by atoms with Crippen molar-refractivity contribution in [1.82, 2.24) is 0 Å². The Hall–Kier alpha value is -1.95. The predicted molar refractivity (Wildman–Crippen MR) is 96.8 cm³/mol. The van der Waals surface area contributed by atoms with Crippen molar-refractivity contribution in [2.45, 2.75) is 31.7 Å². The van der Waals surface area contributed by atoms with Gasteiger partial charge in [-0.1, -0.05) is 50.2 Å². The summed E-state index contributed by atoms with van der Waals surface area (Å²) in [5.41, 5.74) is 1.28. The number of carbonyl (C=O) groups is 1. The molecule has 0 atom stereocenters. The Balaban J connectivity index is 1.87. The summed E-state index contributed by atoms with van der Waals surface area (Å²) >= 11 is 1.37. The molecule has 25 heavy (non-hydrogen) atoms. The second-order valence-electron chi connectivity index (χ2n) is 5.98. The molecule has 0 aliphatic carbocycles. The number of amides is 1. The highest BCUT2D eigenvalue weighted by molar-refractivity contribution is 7.99. The molecule has 1 N–H and O–H groups in total. The fourth-order valence-electron chi connectivity index (χ4n) is 2.29. The summed E-state index contributed by atoms with van der Waals surface area (Å²) in [6.45, 7) is 4.24. The number of alkyl halides is 3. The topological polar surface area (TPSA) is 29.1 Å². The largest absolute Gasteiger partial charge is 0.418 e. The van der Waals surface area contributed by atoms with Crippen molar-refractivity contribution in [3.63, 3.8) is 0 Å². The minimum absolute atomic E-state index is 0.0954. The van der Waals surface area contributed by atoms with Crippen LogP contribution in [0.3, 0.4) is 0 Å². The summed E-state index contributed by atoms with van der Waals surface area (Å²) in [5.74, 6) is 0.742. The van der Waals surface area contributed by atoms with Crippen molar-refractivity contribution in [1.29, 1.82) is 0 Å². The van der Waals surface area contributed by atoms with Crippen molar-refractivity contribution in [2.75, 3.05) is 11.1 Å². The molecule has 0 bridgehead atoms. The molecular weight excluding hydrogens is 347 g/mol. The third-order valence-corrected chi connectivity index (χ3v) is 4.66. The Morgan fingerprint density at radius 3 is 2.32 bits per heavy atom. The lowest BCUT2D eigenvalue weighted by Gasteiger charge is -2.13. The number of nitrogens with one attached hydrogen (secondary N) is 1. The van der Waals surface area contributed by atoms with Crippen LogP contribution in [0.1, 0.15) is 36.5 Å². The molecule has 0 saturated heterocycles. The van der Waals surface area contributed by atoms with Crippen LogP contribution < -0.4 is 5.32 Å². The van der Waals surface area contributed by atoms with Gasteiger partial charge in [-0.25, -0.2) is 0 Å². The summed E-state index contributed by atoms with van der Waals surface area (Å²) in [4.78, 5) is 11.9. The number of para-hydroxylation sites is 1. The minimum atomic E-state index is -4.49. The van der Waals surface area contributed by atoms with Crippen LogP contribution >= 0.6 is 11.8 Å². The Morgan fingerprint density at radius 2 is 1.72 bits per heavy atom. The summed E-state index contributed by atoms with van der Waals surface area (Å²) in [5, 5.41) is 2.35. The van der Waals surface area contributed by atoms with Crippen LogP contribution in [0.5, 0.6) is 0 Å². The van der Waals surface area contributed by atoms with E-state index < -0.39 is 17.6 Å². The molecule has 2 nitrogen and oxygen atoms in total. The van der Waals surface area contributed by atoms with Gasteiger partial charge in [0, 0.05) is 5.75 Å². The lowest BCUT2D eigenvalue weighted by molar-refractivity contribution is -0.137. The Kier molecular flexibility index (Phi) is 6.53. The van der Waals surface area contributed by atoms with Crippen LogP contribution in [-0.2, 0) is 16.7 Å². The molecule has 2 aromatic rings. The average Bonchev–Trinajstić information content (AvgIpc) is 2.55. The maximum absolute atomic E-state index is 12.9. The zero-order chi connectivity index (χ0) is 18.4. The fourth-order valence-corrected chi connectivity index (χ4v) is 3.07. The second kappa shape index (κ2) is 8.43. The molecule has 0 saturated carbocycles. The molecule has 0 radical (unpaired) electrons. The summed E-state index contributed by atoms with van der Waals surface area (Å²) in [6.07, 6.45) is -4.49. The van der Waals surface area contributed by atoms with Gasteiger partial charge >= 0.3 is 6.18 Å². The Bertz CT molecular complexity index is 711. The van der Waals surface area contributed by atoms with Gasteiger partial charge in [0.15, 0.2) is 0 Å². The monoisotopic (exact) mass is 367 g/mol. The standard InChI is InChI=1S/C19H20F3NOS/c1-13(2)15-9-7-14(8-10-15)11-25-12-18(24)23-17-6-4-3-5-16(17)19(20,21)22/h3-10,13H,11-12H2,1-2H3,(H,23,24). The molecule has 0 aliphatic rings. The first-order chi connectivity index (χ1) is 11.8. The lowest BCUT2D eigenvalue weighted by Crippen LogP contribution is -2.18. The van der Waals surface area contributed by atoms with E-state index in [-0.39, 0.29) is 11.4 Å².